The molecule has 0 atom stereocenters. The average Bonchev–Trinajstić information content (AvgIpc) is 2.91. The Balaban J connectivity index is 1.42. The molecule has 210 valence electrons. The molecule has 40 heavy (non-hydrogen) atoms. The second-order valence-electron chi connectivity index (χ2n) is 11.3. The third kappa shape index (κ3) is 10.1. The number of hydrogen-bond acceptors (Lipinski definition) is 6. The van der Waals surface area contributed by atoms with Crippen molar-refractivity contribution in [3.63, 3.8) is 0 Å². The standard InChI is InChI=1S/C33H38N2O5/c1-32(2,3)23-33(4,5)26-12-18-28(19-13-26)39-22-30(36)35-34-21-25-9-16-29(17-10-25)40-31(37)20-11-24-7-14-27(38-6)15-8-24/h7-21H,22-23H2,1-6H3,(H,35,36)/b20-11+,34-21+. The van der Waals surface area contributed by atoms with Crippen molar-refractivity contribution < 1.29 is 23.8 Å². The van der Waals surface area contributed by atoms with Crippen molar-refractivity contribution in [2.24, 2.45) is 10.5 Å². The number of methoxy groups -OCH3 is 1. The maximum Gasteiger partial charge on any atom is 0.336 e. The van der Waals surface area contributed by atoms with Gasteiger partial charge in [-0.05, 0) is 88.5 Å². The van der Waals surface area contributed by atoms with Gasteiger partial charge in [-0.1, -0.05) is 58.9 Å². The third-order valence-corrected chi connectivity index (χ3v) is 6.01. The fraction of sp³-hybridized carbons (Fsp3) is 0.303. The lowest BCUT2D eigenvalue weighted by atomic mass is 9.72. The molecule has 3 aromatic rings. The number of amides is 1. The summed E-state index contributed by atoms with van der Waals surface area (Å²) >= 11 is 0. The summed E-state index contributed by atoms with van der Waals surface area (Å²) in [6, 6.07) is 21.9. The van der Waals surface area contributed by atoms with Crippen molar-refractivity contribution >= 4 is 24.2 Å². The summed E-state index contributed by atoms with van der Waals surface area (Å²) in [4.78, 5) is 24.2. The minimum absolute atomic E-state index is 0.0393. The van der Waals surface area contributed by atoms with E-state index in [9.17, 15) is 9.59 Å². The van der Waals surface area contributed by atoms with Gasteiger partial charge in [-0.25, -0.2) is 10.2 Å². The van der Waals surface area contributed by atoms with Crippen LogP contribution in [0.1, 0.15) is 57.7 Å². The second kappa shape index (κ2) is 13.6. The van der Waals surface area contributed by atoms with E-state index >= 15 is 0 Å². The molecular weight excluding hydrogens is 504 g/mol. The number of hydrazone groups is 1. The number of hydrogen-bond donors (Lipinski definition) is 1. The number of rotatable bonds is 11. The lowest BCUT2D eigenvalue weighted by Crippen LogP contribution is -2.25. The monoisotopic (exact) mass is 542 g/mol. The molecule has 1 amide bonds. The second-order valence-corrected chi connectivity index (χ2v) is 11.3. The lowest BCUT2D eigenvalue weighted by Gasteiger charge is -2.33. The van der Waals surface area contributed by atoms with Crippen LogP contribution >= 0.6 is 0 Å². The van der Waals surface area contributed by atoms with Crippen LogP contribution in [0.3, 0.4) is 0 Å². The predicted molar refractivity (Wildman–Crippen MR) is 159 cm³/mol. The first-order chi connectivity index (χ1) is 18.9. The zero-order valence-electron chi connectivity index (χ0n) is 24.1. The van der Waals surface area contributed by atoms with Crippen LogP contribution in [-0.4, -0.2) is 31.8 Å². The molecule has 0 unspecified atom stereocenters. The van der Waals surface area contributed by atoms with Gasteiger partial charge in [0.2, 0.25) is 0 Å². The van der Waals surface area contributed by atoms with Crippen molar-refractivity contribution in [2.45, 2.75) is 46.5 Å². The Morgan fingerprint density at radius 3 is 1.98 bits per heavy atom. The molecule has 3 aromatic carbocycles. The maximum absolute atomic E-state index is 12.1. The van der Waals surface area contributed by atoms with Crippen LogP contribution in [0.25, 0.3) is 6.08 Å². The highest BCUT2D eigenvalue weighted by Gasteiger charge is 2.27. The Morgan fingerprint density at radius 2 is 1.38 bits per heavy atom. The quantitative estimate of drug-likeness (QED) is 0.0975. The highest BCUT2D eigenvalue weighted by atomic mass is 16.5. The smallest absolute Gasteiger partial charge is 0.336 e. The Morgan fingerprint density at radius 1 is 0.800 bits per heavy atom. The Kier molecular flexibility index (Phi) is 10.3. The van der Waals surface area contributed by atoms with Crippen molar-refractivity contribution in [1.29, 1.82) is 0 Å². The zero-order chi connectivity index (χ0) is 29.2. The molecule has 0 aromatic heterocycles. The van der Waals surface area contributed by atoms with Gasteiger partial charge in [0, 0.05) is 6.08 Å². The van der Waals surface area contributed by atoms with Gasteiger partial charge in [0.1, 0.15) is 17.2 Å². The number of nitrogens with one attached hydrogen (secondary N) is 1. The van der Waals surface area contributed by atoms with Gasteiger partial charge in [0.05, 0.1) is 13.3 Å². The van der Waals surface area contributed by atoms with Crippen LogP contribution in [0.4, 0.5) is 0 Å². The maximum atomic E-state index is 12.1. The molecule has 0 spiro atoms. The molecular formula is C33H38N2O5. The van der Waals surface area contributed by atoms with Gasteiger partial charge < -0.3 is 14.2 Å². The first kappa shape index (κ1) is 30.2. The van der Waals surface area contributed by atoms with Gasteiger partial charge in [-0.2, -0.15) is 5.10 Å². The molecule has 0 radical (unpaired) electrons. The van der Waals surface area contributed by atoms with Crippen LogP contribution < -0.4 is 19.6 Å². The van der Waals surface area contributed by atoms with E-state index < -0.39 is 5.97 Å². The van der Waals surface area contributed by atoms with Crippen LogP contribution in [0.15, 0.2) is 84.0 Å². The van der Waals surface area contributed by atoms with Crippen molar-refractivity contribution in [2.75, 3.05) is 13.7 Å². The van der Waals surface area contributed by atoms with Gasteiger partial charge >= 0.3 is 5.97 Å². The van der Waals surface area contributed by atoms with Crippen molar-refractivity contribution in [3.8, 4) is 17.2 Å². The van der Waals surface area contributed by atoms with Crippen LogP contribution in [0, 0.1) is 5.41 Å². The van der Waals surface area contributed by atoms with Gasteiger partial charge in [0.25, 0.3) is 5.91 Å². The number of carbonyl (C=O) groups is 2. The fourth-order valence-corrected chi connectivity index (χ4v) is 4.44. The van der Waals surface area contributed by atoms with E-state index in [2.05, 4.69) is 57.3 Å². The summed E-state index contributed by atoms with van der Waals surface area (Å²) in [5, 5.41) is 3.97. The van der Waals surface area contributed by atoms with E-state index in [1.807, 2.05) is 36.4 Å². The molecule has 7 heteroatoms. The summed E-state index contributed by atoms with van der Waals surface area (Å²) < 4.78 is 16.0. The van der Waals surface area contributed by atoms with E-state index in [1.54, 1.807) is 37.5 Å². The summed E-state index contributed by atoms with van der Waals surface area (Å²) in [6.07, 6.45) is 5.58. The lowest BCUT2D eigenvalue weighted by molar-refractivity contribution is -0.129. The zero-order valence-corrected chi connectivity index (χ0v) is 24.1. The van der Waals surface area contributed by atoms with Crippen LogP contribution in [0.2, 0.25) is 0 Å². The highest BCUT2D eigenvalue weighted by molar-refractivity contribution is 5.89. The normalized spacial score (nSPS) is 11.9. The number of ether oxygens (including phenoxy) is 3. The van der Waals surface area contributed by atoms with Gasteiger partial charge in [0.15, 0.2) is 6.61 Å². The summed E-state index contributed by atoms with van der Waals surface area (Å²) in [6.45, 7) is 11.0. The first-order valence-electron chi connectivity index (χ1n) is 13.1. The molecule has 0 saturated carbocycles. The molecule has 0 bridgehead atoms. The van der Waals surface area contributed by atoms with E-state index in [0.29, 0.717) is 11.5 Å². The summed E-state index contributed by atoms with van der Waals surface area (Å²) in [5.41, 5.74) is 5.52. The fourth-order valence-electron chi connectivity index (χ4n) is 4.44. The minimum atomic E-state index is -0.493. The van der Waals surface area contributed by atoms with Crippen LogP contribution in [0.5, 0.6) is 17.2 Å². The largest absolute Gasteiger partial charge is 0.497 e. The Labute approximate surface area is 236 Å². The van der Waals surface area contributed by atoms with E-state index in [1.165, 1.54) is 17.9 Å². The average molecular weight is 543 g/mol. The minimum Gasteiger partial charge on any atom is -0.497 e. The highest BCUT2D eigenvalue weighted by Crippen LogP contribution is 2.36. The Bertz CT molecular complexity index is 1320. The molecule has 7 nitrogen and oxygen atoms in total. The molecule has 0 aliphatic carbocycles. The molecule has 0 heterocycles. The summed E-state index contributed by atoms with van der Waals surface area (Å²) in [7, 11) is 1.60. The van der Waals surface area contributed by atoms with Crippen LogP contribution in [-0.2, 0) is 15.0 Å². The topological polar surface area (TPSA) is 86.2 Å². The van der Waals surface area contributed by atoms with Crippen molar-refractivity contribution in [3.05, 3.63) is 95.6 Å². The Hall–Kier alpha value is -4.39. The predicted octanol–water partition coefficient (Wildman–Crippen LogP) is 6.56. The first-order valence-corrected chi connectivity index (χ1v) is 13.1. The van der Waals surface area contributed by atoms with Gasteiger partial charge in [-0.3, -0.25) is 4.79 Å². The number of carbonyl (C=O) groups excluding carboxylic acids is 2. The number of nitrogens with zero attached hydrogens (tertiary/aromatic N) is 1. The molecule has 1 N–H and O–H groups in total. The van der Waals surface area contributed by atoms with E-state index in [0.717, 1.165) is 23.3 Å². The summed E-state index contributed by atoms with van der Waals surface area (Å²) in [5.74, 6) is 0.897. The molecule has 0 fully saturated rings. The van der Waals surface area contributed by atoms with E-state index in [4.69, 9.17) is 14.2 Å². The molecule has 0 aliphatic heterocycles. The number of esters is 1. The van der Waals surface area contributed by atoms with Crippen molar-refractivity contribution in [1.82, 2.24) is 5.43 Å². The van der Waals surface area contributed by atoms with Gasteiger partial charge in [-0.15, -0.1) is 0 Å². The molecule has 0 aliphatic rings. The number of benzene rings is 3. The molecule has 3 rings (SSSR count). The molecule has 0 saturated heterocycles. The third-order valence-electron chi connectivity index (χ3n) is 6.01. The van der Waals surface area contributed by atoms with E-state index in [-0.39, 0.29) is 23.3 Å². The SMILES string of the molecule is COc1ccc(/C=C/C(=O)Oc2ccc(/C=N/NC(=O)COc3ccc(C(C)(C)CC(C)(C)C)cc3)cc2)cc1.